The minimum Gasteiger partial charge on any atom is -0.359 e. The summed E-state index contributed by atoms with van der Waals surface area (Å²) in [6, 6.07) is 0.596. The van der Waals surface area contributed by atoms with Crippen LogP contribution in [0.4, 0.5) is 0 Å². The molecule has 0 aromatic carbocycles. The quantitative estimate of drug-likeness (QED) is 0.797. The summed E-state index contributed by atoms with van der Waals surface area (Å²) in [6.07, 6.45) is 8.03. The van der Waals surface area contributed by atoms with E-state index in [0.29, 0.717) is 11.6 Å². The molecule has 0 atom stereocenters. The molecule has 0 aromatic rings. The summed E-state index contributed by atoms with van der Waals surface area (Å²) in [4.78, 5) is 4.96. The molecule has 2 saturated heterocycles. The molecule has 1 spiro atoms. The number of hydrogen-bond donors (Lipinski definition) is 1. The van der Waals surface area contributed by atoms with Gasteiger partial charge in [0, 0.05) is 11.3 Å². The molecule has 1 N–H and O–H groups in total. The van der Waals surface area contributed by atoms with Gasteiger partial charge in [0.25, 0.3) is 0 Å². The van der Waals surface area contributed by atoms with Gasteiger partial charge in [-0.2, -0.15) is 11.8 Å². The van der Waals surface area contributed by atoms with Crippen LogP contribution in [-0.4, -0.2) is 34.0 Å². The first-order valence-corrected chi connectivity index (χ1v) is 9.46. The Bertz CT molecular complexity index is 316. The van der Waals surface area contributed by atoms with Crippen LogP contribution in [0.2, 0.25) is 0 Å². The van der Waals surface area contributed by atoms with Crippen LogP contribution in [0.25, 0.3) is 0 Å². The van der Waals surface area contributed by atoms with Crippen LogP contribution in [0.15, 0.2) is 4.99 Å². The van der Waals surface area contributed by atoms with Crippen molar-refractivity contribution < 1.29 is 0 Å². The van der Waals surface area contributed by atoms with Crippen molar-refractivity contribution >= 4 is 28.7 Å². The summed E-state index contributed by atoms with van der Waals surface area (Å²) >= 11 is 4.06. The van der Waals surface area contributed by atoms with Gasteiger partial charge in [-0.25, -0.2) is 0 Å². The SMILES string of the molecule is CC1CCC2(CC1)CSC(=NC1CCSCC1)N2. The van der Waals surface area contributed by atoms with E-state index in [9.17, 15) is 0 Å². The number of aliphatic imine (C=N–C) groups is 1. The lowest BCUT2D eigenvalue weighted by molar-refractivity contribution is 0.250. The molecule has 102 valence electrons. The lowest BCUT2D eigenvalue weighted by Crippen LogP contribution is -2.46. The molecule has 4 heteroatoms. The van der Waals surface area contributed by atoms with Crippen LogP contribution in [0.1, 0.15) is 45.4 Å². The third-order valence-electron chi connectivity index (χ3n) is 4.58. The van der Waals surface area contributed by atoms with Gasteiger partial charge in [-0.05, 0) is 55.9 Å². The van der Waals surface area contributed by atoms with Gasteiger partial charge in [0.1, 0.15) is 0 Å². The third kappa shape index (κ3) is 3.01. The van der Waals surface area contributed by atoms with Crippen molar-refractivity contribution in [3.05, 3.63) is 0 Å². The summed E-state index contributed by atoms with van der Waals surface area (Å²) in [6.45, 7) is 2.39. The molecule has 18 heavy (non-hydrogen) atoms. The molecule has 2 aliphatic heterocycles. The molecular formula is C14H24N2S2. The van der Waals surface area contributed by atoms with E-state index in [1.807, 2.05) is 11.8 Å². The second-order valence-corrected chi connectivity index (χ2v) is 8.34. The van der Waals surface area contributed by atoms with Gasteiger partial charge in [-0.15, -0.1) is 0 Å². The lowest BCUT2D eigenvalue weighted by atomic mass is 9.78. The van der Waals surface area contributed by atoms with Gasteiger partial charge in [0.05, 0.1) is 6.04 Å². The first-order chi connectivity index (χ1) is 8.76. The number of thioether (sulfide) groups is 2. The van der Waals surface area contributed by atoms with Crippen molar-refractivity contribution in [3.63, 3.8) is 0 Å². The first-order valence-electron chi connectivity index (χ1n) is 7.32. The number of hydrogen-bond acceptors (Lipinski definition) is 3. The average Bonchev–Trinajstić information content (AvgIpc) is 2.78. The fourth-order valence-electron chi connectivity index (χ4n) is 3.14. The zero-order valence-electron chi connectivity index (χ0n) is 11.3. The molecule has 0 unspecified atom stereocenters. The summed E-state index contributed by atoms with van der Waals surface area (Å²) in [5, 5.41) is 5.03. The van der Waals surface area contributed by atoms with Crippen molar-refractivity contribution in [2.24, 2.45) is 10.9 Å². The summed E-state index contributed by atoms with van der Waals surface area (Å²) in [7, 11) is 0. The van der Waals surface area contributed by atoms with Crippen LogP contribution in [0, 0.1) is 5.92 Å². The Labute approximate surface area is 119 Å². The maximum absolute atomic E-state index is 4.96. The third-order valence-corrected chi connectivity index (χ3v) is 6.81. The van der Waals surface area contributed by atoms with Gasteiger partial charge in [-0.1, -0.05) is 18.7 Å². The van der Waals surface area contributed by atoms with Crippen molar-refractivity contribution in [1.29, 1.82) is 0 Å². The molecule has 0 bridgehead atoms. The number of rotatable bonds is 1. The van der Waals surface area contributed by atoms with E-state index < -0.39 is 0 Å². The molecule has 1 aliphatic carbocycles. The van der Waals surface area contributed by atoms with Gasteiger partial charge < -0.3 is 5.32 Å². The van der Waals surface area contributed by atoms with Crippen LogP contribution in [0.3, 0.4) is 0 Å². The molecular weight excluding hydrogens is 260 g/mol. The molecule has 0 aromatic heterocycles. The topological polar surface area (TPSA) is 24.4 Å². The van der Waals surface area contributed by atoms with E-state index in [0.717, 1.165) is 5.92 Å². The monoisotopic (exact) mass is 284 g/mol. The Morgan fingerprint density at radius 3 is 2.61 bits per heavy atom. The zero-order valence-corrected chi connectivity index (χ0v) is 12.9. The van der Waals surface area contributed by atoms with Crippen LogP contribution in [0.5, 0.6) is 0 Å². The van der Waals surface area contributed by atoms with Crippen molar-refractivity contribution in [2.45, 2.75) is 57.0 Å². The number of amidine groups is 1. The minimum atomic E-state index is 0.402. The largest absolute Gasteiger partial charge is 0.359 e. The van der Waals surface area contributed by atoms with Crippen molar-refractivity contribution in [2.75, 3.05) is 17.3 Å². The molecule has 0 radical (unpaired) electrons. The summed E-state index contributed by atoms with van der Waals surface area (Å²) in [5.41, 5.74) is 0.402. The van der Waals surface area contributed by atoms with Crippen LogP contribution < -0.4 is 5.32 Å². The van der Waals surface area contributed by atoms with Gasteiger partial charge in [-0.3, -0.25) is 4.99 Å². The first kappa shape index (κ1) is 13.2. The van der Waals surface area contributed by atoms with Gasteiger partial charge in [0.15, 0.2) is 5.17 Å². The maximum Gasteiger partial charge on any atom is 0.157 e. The highest BCUT2D eigenvalue weighted by Gasteiger charge is 2.39. The van der Waals surface area contributed by atoms with Crippen molar-refractivity contribution in [1.82, 2.24) is 5.32 Å². The lowest BCUT2D eigenvalue weighted by Gasteiger charge is -2.35. The van der Waals surface area contributed by atoms with Crippen molar-refractivity contribution in [3.8, 4) is 0 Å². The van der Waals surface area contributed by atoms with Crippen LogP contribution in [-0.2, 0) is 0 Å². The predicted octanol–water partition coefficient (Wildman–Crippen LogP) is 3.52. The Hall–Kier alpha value is 0.170. The summed E-state index contributed by atoms with van der Waals surface area (Å²) in [5.74, 6) is 4.78. The highest BCUT2D eigenvalue weighted by molar-refractivity contribution is 8.14. The molecule has 3 fully saturated rings. The van der Waals surface area contributed by atoms with E-state index >= 15 is 0 Å². The van der Waals surface area contributed by atoms with E-state index in [1.54, 1.807) is 0 Å². The Morgan fingerprint density at radius 1 is 1.17 bits per heavy atom. The predicted molar refractivity (Wildman–Crippen MR) is 83.7 cm³/mol. The number of nitrogens with zero attached hydrogens (tertiary/aromatic N) is 1. The molecule has 0 amide bonds. The molecule has 2 nitrogen and oxygen atoms in total. The zero-order chi connectivity index (χ0) is 12.4. The Balaban J connectivity index is 1.58. The van der Waals surface area contributed by atoms with Crippen LogP contribution >= 0.6 is 23.5 Å². The number of nitrogens with one attached hydrogen (secondary N) is 1. The Morgan fingerprint density at radius 2 is 1.89 bits per heavy atom. The maximum atomic E-state index is 4.96. The molecule has 3 rings (SSSR count). The Kier molecular flexibility index (Phi) is 4.14. The van der Waals surface area contributed by atoms with Gasteiger partial charge in [0.2, 0.25) is 0 Å². The molecule has 3 aliphatic rings. The van der Waals surface area contributed by atoms with E-state index in [-0.39, 0.29) is 0 Å². The molecule has 2 heterocycles. The average molecular weight is 284 g/mol. The normalized spacial score (nSPS) is 40.3. The second kappa shape index (κ2) is 5.66. The van der Waals surface area contributed by atoms with E-state index in [4.69, 9.17) is 4.99 Å². The summed E-state index contributed by atoms with van der Waals surface area (Å²) < 4.78 is 0. The standard InChI is InChI=1S/C14H24N2S2/c1-11-2-6-14(7-3-11)10-18-13(16-14)15-12-4-8-17-9-5-12/h11-12H,2-10H2,1H3,(H,15,16). The minimum absolute atomic E-state index is 0.402. The fraction of sp³-hybridized carbons (Fsp3) is 0.929. The molecule has 1 saturated carbocycles. The van der Waals surface area contributed by atoms with E-state index in [2.05, 4.69) is 24.0 Å². The van der Waals surface area contributed by atoms with E-state index in [1.165, 1.54) is 61.0 Å². The highest BCUT2D eigenvalue weighted by Crippen LogP contribution is 2.38. The smallest absolute Gasteiger partial charge is 0.157 e. The fourth-order valence-corrected chi connectivity index (χ4v) is 5.51. The second-order valence-electron chi connectivity index (χ2n) is 6.15. The highest BCUT2D eigenvalue weighted by atomic mass is 32.2. The van der Waals surface area contributed by atoms with Gasteiger partial charge >= 0.3 is 0 Å².